The maximum Gasteiger partial charge on any atom is 0.408 e. The molecule has 0 saturated carbocycles. The Morgan fingerprint density at radius 3 is 2.70 bits per heavy atom. The van der Waals surface area contributed by atoms with Gasteiger partial charge in [0.1, 0.15) is 11.6 Å². The Labute approximate surface area is 120 Å². The molecular weight excluding hydrogens is 319 g/mol. The molecule has 1 aromatic heterocycles. The van der Waals surface area contributed by atoms with Crippen LogP contribution in [0.15, 0.2) is 11.0 Å². The molecule has 10 heteroatoms. The monoisotopic (exact) mass is 331 g/mol. The van der Waals surface area contributed by atoms with Gasteiger partial charge in [0, 0.05) is 29.4 Å². The number of anilines is 1. The molecule has 0 radical (unpaired) electrons. The van der Waals surface area contributed by atoms with E-state index >= 15 is 0 Å². The van der Waals surface area contributed by atoms with Crippen molar-refractivity contribution in [1.82, 2.24) is 9.78 Å². The SMILES string of the molecule is CS(=O)CCCNc1cnn(CC(F)(F)F)c(=O)c1Cl. The molecule has 0 aromatic carbocycles. The van der Waals surface area contributed by atoms with Crippen LogP contribution < -0.4 is 10.9 Å². The molecule has 0 aliphatic rings. The number of aromatic nitrogens is 2. The summed E-state index contributed by atoms with van der Waals surface area (Å²) < 4.78 is 47.7. The van der Waals surface area contributed by atoms with E-state index in [1.54, 1.807) is 6.26 Å². The van der Waals surface area contributed by atoms with Crippen molar-refractivity contribution in [2.24, 2.45) is 0 Å². The maximum atomic E-state index is 12.2. The number of nitrogens with zero attached hydrogens (tertiary/aromatic N) is 2. The predicted octanol–water partition coefficient (Wildman–Crippen LogP) is 1.64. The minimum absolute atomic E-state index is 0.164. The highest BCUT2D eigenvalue weighted by Gasteiger charge is 2.29. The molecule has 1 atom stereocenters. The van der Waals surface area contributed by atoms with E-state index in [4.69, 9.17) is 11.6 Å². The van der Waals surface area contributed by atoms with Crippen molar-refractivity contribution in [3.63, 3.8) is 0 Å². The third kappa shape index (κ3) is 5.49. The van der Waals surface area contributed by atoms with Gasteiger partial charge in [-0.05, 0) is 6.42 Å². The van der Waals surface area contributed by atoms with Gasteiger partial charge in [0.05, 0.1) is 11.9 Å². The zero-order chi connectivity index (χ0) is 15.3. The highest BCUT2D eigenvalue weighted by Crippen LogP contribution is 2.18. The van der Waals surface area contributed by atoms with Gasteiger partial charge in [-0.1, -0.05) is 11.6 Å². The van der Waals surface area contributed by atoms with Crippen LogP contribution in [0.1, 0.15) is 6.42 Å². The summed E-state index contributed by atoms with van der Waals surface area (Å²) in [5, 5.41) is 5.85. The van der Waals surface area contributed by atoms with E-state index in [0.29, 0.717) is 18.7 Å². The van der Waals surface area contributed by atoms with E-state index in [9.17, 15) is 22.2 Å². The van der Waals surface area contributed by atoms with E-state index in [1.165, 1.54) is 0 Å². The van der Waals surface area contributed by atoms with Gasteiger partial charge in [0.25, 0.3) is 5.56 Å². The Morgan fingerprint density at radius 1 is 1.50 bits per heavy atom. The first-order valence-electron chi connectivity index (χ1n) is 5.57. The fourth-order valence-electron chi connectivity index (χ4n) is 1.37. The van der Waals surface area contributed by atoms with Crippen molar-refractivity contribution in [2.45, 2.75) is 19.1 Å². The Bertz CT molecular complexity index is 548. The van der Waals surface area contributed by atoms with Crippen molar-refractivity contribution in [2.75, 3.05) is 23.9 Å². The Morgan fingerprint density at radius 2 is 2.15 bits per heavy atom. The van der Waals surface area contributed by atoms with E-state index in [0.717, 1.165) is 6.20 Å². The second kappa shape index (κ2) is 7.07. The maximum absolute atomic E-state index is 12.2. The Hall–Kier alpha value is -1.09. The molecule has 0 fully saturated rings. The van der Waals surface area contributed by atoms with Gasteiger partial charge in [-0.2, -0.15) is 18.3 Å². The van der Waals surface area contributed by atoms with Crippen LogP contribution in [-0.2, 0) is 17.3 Å². The van der Waals surface area contributed by atoms with Crippen LogP contribution in [0.3, 0.4) is 0 Å². The molecule has 0 aliphatic carbocycles. The van der Waals surface area contributed by atoms with E-state index in [2.05, 4.69) is 10.4 Å². The molecule has 1 rings (SSSR count). The van der Waals surface area contributed by atoms with Crippen LogP contribution in [-0.4, -0.2) is 38.7 Å². The van der Waals surface area contributed by atoms with Gasteiger partial charge in [-0.15, -0.1) is 0 Å². The zero-order valence-corrected chi connectivity index (χ0v) is 12.1. The van der Waals surface area contributed by atoms with Crippen LogP contribution in [0, 0.1) is 0 Å². The van der Waals surface area contributed by atoms with E-state index in [1.807, 2.05) is 0 Å². The number of halogens is 4. The first-order valence-corrected chi connectivity index (χ1v) is 7.67. The molecule has 1 heterocycles. The molecule has 1 unspecified atom stereocenters. The molecule has 0 spiro atoms. The molecular formula is C10H13ClF3N3O2S. The van der Waals surface area contributed by atoms with E-state index in [-0.39, 0.29) is 15.4 Å². The smallest absolute Gasteiger partial charge is 0.382 e. The summed E-state index contributed by atoms with van der Waals surface area (Å²) in [7, 11) is -0.928. The second-order valence-electron chi connectivity index (χ2n) is 4.01. The van der Waals surface area contributed by atoms with Gasteiger partial charge in [0.2, 0.25) is 0 Å². The summed E-state index contributed by atoms with van der Waals surface area (Å²) in [6, 6.07) is 0. The van der Waals surface area contributed by atoms with Crippen molar-refractivity contribution in [3.8, 4) is 0 Å². The summed E-state index contributed by atoms with van der Waals surface area (Å²) in [6.07, 6.45) is -1.34. The highest BCUT2D eigenvalue weighted by molar-refractivity contribution is 7.84. The first kappa shape index (κ1) is 17.0. The third-order valence-electron chi connectivity index (χ3n) is 2.24. The van der Waals surface area contributed by atoms with Crippen LogP contribution in [0.4, 0.5) is 18.9 Å². The third-order valence-corrected chi connectivity index (χ3v) is 3.47. The topological polar surface area (TPSA) is 64.0 Å². The fourth-order valence-corrected chi connectivity index (χ4v) is 2.13. The Kier molecular flexibility index (Phi) is 6.00. The molecule has 0 amide bonds. The lowest BCUT2D eigenvalue weighted by Crippen LogP contribution is -2.31. The summed E-state index contributed by atoms with van der Waals surface area (Å²) >= 11 is 5.71. The van der Waals surface area contributed by atoms with E-state index < -0.39 is 29.1 Å². The van der Waals surface area contributed by atoms with Crippen molar-refractivity contribution >= 4 is 28.1 Å². The molecule has 0 aliphatic heterocycles. The number of nitrogens with one attached hydrogen (secondary N) is 1. The average molecular weight is 332 g/mol. The van der Waals surface area contributed by atoms with Gasteiger partial charge in [-0.3, -0.25) is 9.00 Å². The summed E-state index contributed by atoms with van der Waals surface area (Å²) in [5.41, 5.74) is -0.843. The Balaban J connectivity index is 2.74. The van der Waals surface area contributed by atoms with Crippen LogP contribution in [0.25, 0.3) is 0 Å². The molecule has 5 nitrogen and oxygen atoms in total. The van der Waals surface area contributed by atoms with Crippen molar-refractivity contribution in [3.05, 3.63) is 21.6 Å². The quantitative estimate of drug-likeness (QED) is 0.805. The fraction of sp³-hybridized carbons (Fsp3) is 0.600. The van der Waals surface area contributed by atoms with Gasteiger partial charge in [0.15, 0.2) is 0 Å². The number of hydrogen-bond donors (Lipinski definition) is 1. The highest BCUT2D eigenvalue weighted by atomic mass is 35.5. The molecule has 20 heavy (non-hydrogen) atoms. The largest absolute Gasteiger partial charge is 0.408 e. The lowest BCUT2D eigenvalue weighted by Gasteiger charge is -2.11. The minimum Gasteiger partial charge on any atom is -0.382 e. The molecule has 0 bridgehead atoms. The van der Waals surface area contributed by atoms with Crippen LogP contribution in [0.2, 0.25) is 5.02 Å². The molecule has 114 valence electrons. The molecule has 1 N–H and O–H groups in total. The standard InChI is InChI=1S/C10H13ClF3N3O2S/c1-20(19)4-2-3-15-7-5-16-17(6-10(12,13)14)9(18)8(7)11/h5,15H,2-4,6H2,1H3. The van der Waals surface area contributed by atoms with Crippen molar-refractivity contribution < 1.29 is 17.4 Å². The average Bonchev–Trinajstić information content (AvgIpc) is 2.31. The van der Waals surface area contributed by atoms with Gasteiger partial charge < -0.3 is 5.32 Å². The number of hydrogen-bond acceptors (Lipinski definition) is 4. The van der Waals surface area contributed by atoms with Gasteiger partial charge >= 0.3 is 6.18 Å². The second-order valence-corrected chi connectivity index (χ2v) is 5.94. The molecule has 0 saturated heterocycles. The first-order chi connectivity index (χ1) is 9.20. The number of alkyl halides is 3. The summed E-state index contributed by atoms with van der Waals surface area (Å²) in [6.45, 7) is -1.09. The van der Waals surface area contributed by atoms with Crippen molar-refractivity contribution in [1.29, 1.82) is 0 Å². The lowest BCUT2D eigenvalue weighted by atomic mass is 10.4. The minimum atomic E-state index is -4.54. The van der Waals surface area contributed by atoms with Crippen LogP contribution >= 0.6 is 11.6 Å². The normalized spacial score (nSPS) is 13.2. The van der Waals surface area contributed by atoms with Gasteiger partial charge in [-0.25, -0.2) is 4.68 Å². The lowest BCUT2D eigenvalue weighted by molar-refractivity contribution is -0.143. The number of rotatable bonds is 6. The van der Waals surface area contributed by atoms with Crippen LogP contribution in [0.5, 0.6) is 0 Å². The predicted molar refractivity (Wildman–Crippen MR) is 71.6 cm³/mol. The summed E-state index contributed by atoms with van der Waals surface area (Å²) in [5.74, 6) is 0.475. The molecule has 1 aromatic rings. The zero-order valence-electron chi connectivity index (χ0n) is 10.5. The summed E-state index contributed by atoms with van der Waals surface area (Å²) in [4.78, 5) is 11.6.